The van der Waals surface area contributed by atoms with Crippen molar-refractivity contribution in [3.63, 3.8) is 0 Å². The summed E-state index contributed by atoms with van der Waals surface area (Å²) in [7, 11) is 2.56. The number of nitrogens with zero attached hydrogens (tertiary/aromatic N) is 2. The molecule has 1 saturated heterocycles. The number of carboxylic acids is 2. The van der Waals surface area contributed by atoms with Crippen molar-refractivity contribution >= 4 is 141 Å². The van der Waals surface area contributed by atoms with Gasteiger partial charge in [-0.1, -0.05) is 187 Å². The smallest absolute Gasteiger partial charge is 0.305 e. The van der Waals surface area contributed by atoms with Crippen molar-refractivity contribution in [3.05, 3.63) is 198 Å². The van der Waals surface area contributed by atoms with E-state index in [4.69, 9.17) is 28.0 Å². The Morgan fingerprint density at radius 3 is 1.37 bits per heavy atom. The average Bonchev–Trinajstić information content (AvgIpc) is 1.66. The number of fused-ring (bicyclic) bond motifs is 1. The Labute approximate surface area is 855 Å². The summed E-state index contributed by atoms with van der Waals surface area (Å²) < 4.78 is 0. The summed E-state index contributed by atoms with van der Waals surface area (Å²) in [4.78, 5) is 270. The fraction of sp³-hybridized carbons (Fsp3) is 0.431. The van der Waals surface area contributed by atoms with Gasteiger partial charge in [-0.15, -0.1) is 11.8 Å². The van der Waals surface area contributed by atoms with Crippen LogP contribution in [0.3, 0.4) is 0 Å². The lowest BCUT2D eigenvalue weighted by Gasteiger charge is -2.35. The van der Waals surface area contributed by atoms with Crippen LogP contribution >= 0.6 is 11.8 Å². The number of benzene rings is 6. The zero-order valence-corrected chi connectivity index (χ0v) is 84.3. The van der Waals surface area contributed by atoms with Crippen molar-refractivity contribution in [2.75, 3.05) is 45.2 Å². The third-order valence-corrected chi connectivity index (χ3v) is 25.5. The number of hydrogen-bond acceptors (Lipinski definition) is 22. The number of thioether (sulfide) groups is 1. The summed E-state index contributed by atoms with van der Waals surface area (Å²) in [5.74, 6) is -23.9. The molecule has 16 amide bonds. The number of aromatic nitrogens is 1. The number of carbonyl (C=O) groups excluding carboxylic acids is 16. The lowest BCUT2D eigenvalue weighted by atomic mass is 9.98. The average molecular weight is 2050 g/mol. The highest BCUT2D eigenvalue weighted by Gasteiger charge is 2.42. The number of carbonyl (C=O) groups is 18. The van der Waals surface area contributed by atoms with Crippen LogP contribution in [0.15, 0.2) is 170 Å². The maximum atomic E-state index is 15.7. The molecule has 1 aliphatic rings. The Morgan fingerprint density at radius 2 is 0.844 bits per heavy atom. The fourth-order valence-corrected chi connectivity index (χ4v) is 17.1. The van der Waals surface area contributed by atoms with Crippen LogP contribution in [0.5, 0.6) is 5.75 Å². The molecule has 1 fully saturated rings. The van der Waals surface area contributed by atoms with Gasteiger partial charge in [0.05, 0.1) is 18.7 Å². The quantitative estimate of drug-likeness (QED) is 0.0156. The van der Waals surface area contributed by atoms with E-state index >= 15 is 47.9 Å². The third kappa shape index (κ3) is 37.6. The minimum Gasteiger partial charge on any atom is -0.508 e. The normalized spacial score (nSPS) is 22.1. The number of phenolic OH excluding ortho intramolecular Hbond substituents is 1. The maximum absolute atomic E-state index is 15.7. The molecular formula is C102H135N23O21S. The van der Waals surface area contributed by atoms with Crippen LogP contribution in [-0.2, 0) is 118 Å². The largest absolute Gasteiger partial charge is 0.508 e. The van der Waals surface area contributed by atoms with Gasteiger partial charge in [0.1, 0.15) is 90.3 Å². The molecule has 1 unspecified atom stereocenters. The summed E-state index contributed by atoms with van der Waals surface area (Å²) in [5, 5.41) is 86.7. The Bertz CT molecular complexity index is 5760. The van der Waals surface area contributed by atoms with E-state index in [0.717, 1.165) is 20.9 Å². The van der Waals surface area contributed by atoms with Crippen molar-refractivity contribution in [1.82, 2.24) is 94.5 Å². The van der Waals surface area contributed by atoms with Gasteiger partial charge in [-0.25, -0.2) is 0 Å². The second-order valence-electron chi connectivity index (χ2n) is 37.1. The van der Waals surface area contributed by atoms with Gasteiger partial charge < -0.3 is 127 Å². The molecule has 2 heterocycles. The van der Waals surface area contributed by atoms with Crippen LogP contribution in [0.4, 0.5) is 0 Å². The first-order valence-corrected chi connectivity index (χ1v) is 49.4. The van der Waals surface area contributed by atoms with Gasteiger partial charge in [0.15, 0.2) is 11.9 Å². The van der Waals surface area contributed by atoms with Gasteiger partial charge in [-0.05, 0) is 120 Å². The number of carboxylic acid groups (broad SMARTS) is 2. The molecule has 6 aromatic carbocycles. The molecular weight excluding hydrogens is 1920 g/mol. The molecule has 0 aliphatic carbocycles. The van der Waals surface area contributed by atoms with E-state index in [0.29, 0.717) is 44.9 Å². The highest BCUT2D eigenvalue weighted by atomic mass is 32.2. The Hall–Kier alpha value is -16.0. The minimum atomic E-state index is -2.10. The number of primary amides is 1. The third-order valence-electron chi connectivity index (χ3n) is 24.4. The van der Waals surface area contributed by atoms with Gasteiger partial charge in [0.25, 0.3) is 0 Å². The number of rotatable bonds is 31. The van der Waals surface area contributed by atoms with Crippen LogP contribution in [0, 0.1) is 28.6 Å². The molecule has 1 aliphatic heterocycles. The van der Waals surface area contributed by atoms with E-state index in [1.165, 1.54) is 59.1 Å². The number of H-pyrrole nitrogens is 1. The number of nitrogens with two attached hydrogens (primary N) is 3. The molecule has 0 spiro atoms. The monoisotopic (exact) mass is 2050 g/mol. The van der Waals surface area contributed by atoms with E-state index in [-0.39, 0.29) is 82.2 Å². The van der Waals surface area contributed by atoms with Crippen molar-refractivity contribution in [3.8, 4) is 16.9 Å². The highest BCUT2D eigenvalue weighted by Crippen LogP contribution is 2.25. The van der Waals surface area contributed by atoms with Gasteiger partial charge in [0.2, 0.25) is 94.5 Å². The summed E-state index contributed by atoms with van der Waals surface area (Å²) in [5.41, 5.74) is 21.1. The summed E-state index contributed by atoms with van der Waals surface area (Å²) >= 11 is 0.684. The summed E-state index contributed by atoms with van der Waals surface area (Å²) in [6.45, 7) is 10.1. The van der Waals surface area contributed by atoms with Crippen molar-refractivity contribution in [1.29, 1.82) is 10.8 Å². The van der Waals surface area contributed by atoms with E-state index in [1.54, 1.807) is 143 Å². The van der Waals surface area contributed by atoms with Gasteiger partial charge in [0, 0.05) is 88.6 Å². The van der Waals surface area contributed by atoms with Crippen LogP contribution in [-0.4, -0.2) is 278 Å². The molecule has 0 radical (unpaired) electrons. The standard InChI is InChI=1S/C102H135N23O21S/c1-56(2)45-73-94(140)122-85(57(3)4)97(143)114-71(41-42-83(129)130)89(135)121-79(87(133)111-53-81(103)127)54-147-55-82(128)112-74(46-60-23-13-10-14-24-60)90(136)117-75(48-63-35-39-67(126)40-36-63)92(138)119-78(51-84(131)132)93(139)118-77(50-66-52-110-69-30-20-19-29-68(66)69)95(141)123-86(58(5)6)98(144)120-76(47-62-33-37-65(38-34-62)64-27-17-12-18-28-64)91(137)115-72(32-22-44-109-102(106)107)100(146)124(8)59(7)99(145)125(9)80(49-61-25-15-11-16-26-61)96(142)113-70(88(134)116-73)31-21-43-108-101(104)105/h10-20,23-30,33-40,52,56-59,70-80,85-86,110,126H,21-22,31-32,41-51,53-55H2,1-9H3,(H2,103,127)(H,111,133)(H,112,128)(H,113,142)(H,114,143)(H,115,137)(H,116,134)(H,117,136)(H,118,139)(H,119,138)(H,120,144)(H,121,135)(H,122,140)(H,123,141)(H,129,130)(H,131,132)(H4,104,105,108)(H4,106,107,109)/t59-,70?,71-,72-,73-,74-,75-,76-,77-,78-,79-,80-,85-,86-/m0/s1. The number of aliphatic carboxylic acids is 2. The SMILES string of the molecule is CC(C)C[C@@H]1NC(=O)C(CCCNC(=N)N)NC(=O)[C@H](Cc2ccccc2)N(C)C(=O)[C@H](C)N(C)C(=O)[C@H](CCCNC(=N)N)NC(=O)[C@H](Cc2ccc(-c3ccccc3)cc2)NC(=O)[C@H](C(C)C)NC(=O)[C@H](Cc2c[nH]c3ccccc23)NC(=O)[C@H](CC(=O)O)NC(=O)[C@H](Cc2ccc(O)cc2)NC(=O)[C@H](Cc2ccccc2)NC(=O)CSC[C@@H](C(=O)NCC(N)=O)NC(=O)[C@H](CCC(=O)O)NC(=O)[C@H](C(C)C)NC1=O. The van der Waals surface area contributed by atoms with E-state index in [9.17, 15) is 53.7 Å². The van der Waals surface area contributed by atoms with E-state index in [2.05, 4.69) is 84.7 Å². The molecule has 790 valence electrons. The molecule has 45 heteroatoms. The Balaban J connectivity index is 1.25. The zero-order valence-electron chi connectivity index (χ0n) is 83.4. The molecule has 0 saturated carbocycles. The predicted molar refractivity (Wildman–Crippen MR) is 548 cm³/mol. The Kier molecular flexibility index (Phi) is 45.5. The van der Waals surface area contributed by atoms with Crippen LogP contribution in [0.2, 0.25) is 0 Å². The second-order valence-corrected chi connectivity index (χ2v) is 38.2. The number of likely N-dealkylation sites (N-methyl/N-ethyl adjacent to an activating group) is 2. The number of aromatic amines is 1. The lowest BCUT2D eigenvalue weighted by Crippen LogP contribution is -2.62. The first kappa shape index (κ1) is 116. The number of nitrogens with one attached hydrogen (secondary N) is 18. The van der Waals surface area contributed by atoms with Crippen molar-refractivity contribution in [2.45, 2.75) is 217 Å². The predicted octanol–water partition coefficient (Wildman–Crippen LogP) is 0.118. The molecule has 27 N–H and O–H groups in total. The second kappa shape index (κ2) is 57.5. The first-order valence-electron chi connectivity index (χ1n) is 48.3. The number of aromatic hydroxyl groups is 1. The topological polar surface area (TPSA) is 696 Å². The molecule has 44 nitrogen and oxygen atoms in total. The highest BCUT2D eigenvalue weighted by molar-refractivity contribution is 8.00. The van der Waals surface area contributed by atoms with Crippen molar-refractivity contribution in [2.24, 2.45) is 35.0 Å². The molecule has 1 aromatic heterocycles. The molecule has 7 aromatic rings. The number of guanidine groups is 2. The molecule has 14 atom stereocenters. The van der Waals surface area contributed by atoms with Crippen LogP contribution in [0.1, 0.15) is 128 Å². The fourth-order valence-electron chi connectivity index (χ4n) is 16.3. The van der Waals surface area contributed by atoms with Crippen molar-refractivity contribution < 1.29 is 102 Å². The first-order chi connectivity index (χ1) is 69.8. The van der Waals surface area contributed by atoms with E-state index in [1.807, 2.05) is 30.3 Å². The summed E-state index contributed by atoms with van der Waals surface area (Å²) in [6, 6.07) is 21.7. The summed E-state index contributed by atoms with van der Waals surface area (Å²) in [6.07, 6.45) is -3.22. The maximum Gasteiger partial charge on any atom is 0.305 e. The van der Waals surface area contributed by atoms with Crippen LogP contribution < -0.4 is 97.0 Å². The van der Waals surface area contributed by atoms with Gasteiger partial charge in [-0.3, -0.25) is 97.1 Å². The number of para-hydroxylation sites is 1. The molecule has 8 rings (SSSR count). The van der Waals surface area contributed by atoms with Gasteiger partial charge in [-0.2, -0.15) is 0 Å². The molecule has 0 bridgehead atoms. The Morgan fingerprint density at radius 1 is 0.429 bits per heavy atom. The van der Waals surface area contributed by atoms with Crippen LogP contribution in [0.25, 0.3) is 22.0 Å². The number of phenols is 1. The number of hydrogen-bond donors (Lipinski definition) is 24. The minimum absolute atomic E-state index is 0.0216. The zero-order chi connectivity index (χ0) is 108. The van der Waals surface area contributed by atoms with Gasteiger partial charge >= 0.3 is 11.9 Å². The number of amides is 16. The molecule has 147 heavy (non-hydrogen) atoms. The lowest BCUT2D eigenvalue weighted by molar-refractivity contribution is -0.148. The van der Waals surface area contributed by atoms with E-state index < -0.39 is 264 Å².